The summed E-state index contributed by atoms with van der Waals surface area (Å²) in [4.78, 5) is 3.90. The Labute approximate surface area is 83.5 Å². The molecule has 0 aliphatic rings. The lowest BCUT2D eigenvalue weighted by Crippen LogP contribution is -1.90. The predicted molar refractivity (Wildman–Crippen MR) is 61.9 cm³/mol. The van der Waals surface area contributed by atoms with Crippen LogP contribution < -0.4 is 0 Å². The highest BCUT2D eigenvalue weighted by atomic mass is 31.1. The van der Waals surface area contributed by atoms with Crippen LogP contribution in [0, 0.1) is 0 Å². The number of aryl methyl sites for hydroxylation is 1. The molecule has 0 saturated carbocycles. The smallest absolute Gasteiger partial charge is 0.0945 e. The van der Waals surface area contributed by atoms with Gasteiger partial charge < -0.3 is 4.57 Å². The molecule has 0 amide bonds. The summed E-state index contributed by atoms with van der Waals surface area (Å²) in [6, 6.07) is 0. The zero-order chi connectivity index (χ0) is 9.94. The Morgan fingerprint density at radius 2 is 1.92 bits per heavy atom. The summed E-state index contributed by atoms with van der Waals surface area (Å²) in [5.74, 6) is 0. The predicted octanol–water partition coefficient (Wildman–Crippen LogP) is 3.00. The van der Waals surface area contributed by atoms with Crippen LogP contribution in [0.2, 0.25) is 0 Å². The van der Waals surface area contributed by atoms with Gasteiger partial charge in [-0.05, 0) is 18.7 Å². The summed E-state index contributed by atoms with van der Waals surface area (Å²) >= 11 is 0. The summed E-state index contributed by atoms with van der Waals surface area (Å²) in [7, 11) is 1.20. The van der Waals surface area contributed by atoms with E-state index >= 15 is 0 Å². The number of hydrogen-bond acceptors (Lipinski definition) is 1. The first-order valence-corrected chi connectivity index (χ1v) is 6.42. The molecule has 13 heavy (non-hydrogen) atoms. The minimum atomic E-state index is 1.08. The van der Waals surface area contributed by atoms with Gasteiger partial charge in [0.2, 0.25) is 0 Å². The molecule has 1 heterocycles. The quantitative estimate of drug-likeness (QED) is 0.683. The van der Waals surface area contributed by atoms with Crippen LogP contribution in [0.5, 0.6) is 0 Å². The molecule has 1 rings (SSSR count). The van der Waals surface area contributed by atoms with Gasteiger partial charge >= 0.3 is 0 Å². The van der Waals surface area contributed by atoms with Gasteiger partial charge in [0.25, 0.3) is 0 Å². The van der Waals surface area contributed by atoms with Crippen LogP contribution in [0.25, 0.3) is 0 Å². The Kier molecular flexibility index (Phi) is 9.46. The van der Waals surface area contributed by atoms with Gasteiger partial charge in [-0.15, -0.1) is 8.58 Å². The first kappa shape index (κ1) is 12.6. The fourth-order valence-corrected chi connectivity index (χ4v) is 1.43. The summed E-state index contributed by atoms with van der Waals surface area (Å²) in [5.41, 5.74) is 0. The van der Waals surface area contributed by atoms with Gasteiger partial charge in [-0.25, -0.2) is 4.98 Å². The third kappa shape index (κ3) is 7.98. The van der Waals surface area contributed by atoms with Crippen molar-refractivity contribution in [2.24, 2.45) is 0 Å². The molecule has 1 aromatic heterocycles. The second-order valence-corrected chi connectivity index (χ2v) is 4.67. The molecular formula is C10H21N2P. The Bertz CT molecular complexity index is 171. The van der Waals surface area contributed by atoms with E-state index in [1.807, 2.05) is 12.5 Å². The minimum Gasteiger partial charge on any atom is -0.338 e. The zero-order valence-corrected chi connectivity index (χ0v) is 9.95. The van der Waals surface area contributed by atoms with Gasteiger partial charge in [0.05, 0.1) is 6.33 Å². The molecule has 0 atom stereocenters. The molecule has 3 heteroatoms. The van der Waals surface area contributed by atoms with Crippen molar-refractivity contribution >= 4 is 8.58 Å². The fourth-order valence-electron chi connectivity index (χ4n) is 0.927. The van der Waals surface area contributed by atoms with E-state index in [9.17, 15) is 0 Å². The molecule has 0 aromatic carbocycles. The van der Waals surface area contributed by atoms with Crippen molar-refractivity contribution in [3.8, 4) is 0 Å². The molecule has 0 aliphatic heterocycles. The van der Waals surface area contributed by atoms with Gasteiger partial charge in [0, 0.05) is 18.9 Å². The van der Waals surface area contributed by atoms with Crippen LogP contribution in [-0.4, -0.2) is 21.9 Å². The molecular weight excluding hydrogens is 179 g/mol. The van der Waals surface area contributed by atoms with E-state index in [2.05, 4.69) is 30.3 Å². The molecule has 1 aromatic rings. The summed E-state index contributed by atoms with van der Waals surface area (Å²) in [6.07, 6.45) is 9.53. The molecule has 0 bridgehead atoms. The second-order valence-electron chi connectivity index (χ2n) is 2.76. The number of imidazole rings is 1. The van der Waals surface area contributed by atoms with Crippen LogP contribution in [-0.2, 0) is 6.54 Å². The van der Waals surface area contributed by atoms with Crippen molar-refractivity contribution in [3.05, 3.63) is 18.7 Å². The van der Waals surface area contributed by atoms with Crippen molar-refractivity contribution < 1.29 is 0 Å². The van der Waals surface area contributed by atoms with E-state index in [0.29, 0.717) is 0 Å². The molecule has 0 unspecified atom stereocenters. The van der Waals surface area contributed by atoms with Crippen LogP contribution in [0.15, 0.2) is 18.7 Å². The van der Waals surface area contributed by atoms with E-state index in [-0.39, 0.29) is 0 Å². The molecule has 76 valence electrons. The molecule has 0 saturated heterocycles. The molecule has 0 radical (unpaired) electrons. The van der Waals surface area contributed by atoms with Crippen molar-refractivity contribution in [3.63, 3.8) is 0 Å². The lowest BCUT2D eigenvalue weighted by Gasteiger charge is -1.93. The first-order valence-electron chi connectivity index (χ1n) is 5.01. The number of aromatic nitrogens is 2. The second kappa shape index (κ2) is 9.73. The normalized spacial score (nSPS) is 9.15. The third-order valence-corrected chi connectivity index (χ3v) is 2.54. The number of rotatable bonds is 4. The van der Waals surface area contributed by atoms with E-state index in [1.54, 1.807) is 6.20 Å². The van der Waals surface area contributed by atoms with Crippen LogP contribution in [0.3, 0.4) is 0 Å². The topological polar surface area (TPSA) is 17.8 Å². The highest BCUT2D eigenvalue weighted by Crippen LogP contribution is 2.03. The standard InChI is InChI=1S/C6H10N2.C4H11P/c1-2-4-8-5-3-7-6-8;1-3-5-4-2/h3,5-6H,2,4H2,1H3;5H,3-4H2,1-2H3. The maximum Gasteiger partial charge on any atom is 0.0945 e. The monoisotopic (exact) mass is 200 g/mol. The maximum atomic E-state index is 3.90. The minimum absolute atomic E-state index is 1.08. The molecule has 2 nitrogen and oxygen atoms in total. The Morgan fingerprint density at radius 1 is 1.23 bits per heavy atom. The van der Waals surface area contributed by atoms with E-state index in [0.717, 1.165) is 6.54 Å². The number of nitrogens with zero attached hydrogens (tertiary/aromatic N) is 2. The van der Waals surface area contributed by atoms with Crippen molar-refractivity contribution in [1.29, 1.82) is 0 Å². The molecule has 0 fully saturated rings. The number of hydrogen-bond donors (Lipinski definition) is 0. The average Bonchev–Trinajstić information content (AvgIpc) is 2.60. The Hall–Kier alpha value is -0.360. The van der Waals surface area contributed by atoms with E-state index in [1.165, 1.54) is 27.3 Å². The SMILES string of the molecule is CCCn1ccnc1.CCPCC. The fraction of sp³-hybridized carbons (Fsp3) is 0.700. The lowest BCUT2D eigenvalue weighted by atomic mass is 10.5. The van der Waals surface area contributed by atoms with Crippen LogP contribution in [0.1, 0.15) is 27.2 Å². The van der Waals surface area contributed by atoms with E-state index in [4.69, 9.17) is 0 Å². The third-order valence-electron chi connectivity index (χ3n) is 1.54. The highest BCUT2D eigenvalue weighted by molar-refractivity contribution is 7.37. The Balaban J connectivity index is 0.000000252. The van der Waals surface area contributed by atoms with Crippen LogP contribution >= 0.6 is 8.58 Å². The van der Waals surface area contributed by atoms with Gasteiger partial charge in [-0.2, -0.15) is 0 Å². The zero-order valence-electron chi connectivity index (χ0n) is 8.95. The van der Waals surface area contributed by atoms with E-state index < -0.39 is 0 Å². The molecule has 0 N–H and O–H groups in total. The van der Waals surface area contributed by atoms with Gasteiger partial charge in [-0.1, -0.05) is 20.8 Å². The molecule has 0 aliphatic carbocycles. The summed E-state index contributed by atoms with van der Waals surface area (Å²) in [6.45, 7) is 7.68. The lowest BCUT2D eigenvalue weighted by molar-refractivity contribution is 0.678. The summed E-state index contributed by atoms with van der Waals surface area (Å²) < 4.78 is 2.07. The van der Waals surface area contributed by atoms with Gasteiger partial charge in [0.1, 0.15) is 0 Å². The first-order chi connectivity index (χ1) is 6.35. The highest BCUT2D eigenvalue weighted by Gasteiger charge is 1.81. The van der Waals surface area contributed by atoms with Crippen molar-refractivity contribution in [2.45, 2.75) is 33.7 Å². The average molecular weight is 200 g/mol. The van der Waals surface area contributed by atoms with Crippen molar-refractivity contribution in [2.75, 3.05) is 12.3 Å². The van der Waals surface area contributed by atoms with Gasteiger partial charge in [-0.3, -0.25) is 0 Å². The van der Waals surface area contributed by atoms with Crippen molar-refractivity contribution in [1.82, 2.24) is 9.55 Å². The Morgan fingerprint density at radius 3 is 2.23 bits per heavy atom. The van der Waals surface area contributed by atoms with Gasteiger partial charge in [0.15, 0.2) is 0 Å². The maximum absolute atomic E-state index is 3.90. The molecule has 0 spiro atoms. The largest absolute Gasteiger partial charge is 0.338 e. The van der Waals surface area contributed by atoms with Crippen LogP contribution in [0.4, 0.5) is 0 Å². The summed E-state index contributed by atoms with van der Waals surface area (Å²) in [5, 5.41) is 0.